The molecule has 1 aliphatic carbocycles. The molecular formula is C15H21ClN2O3. The highest BCUT2D eigenvalue weighted by Crippen LogP contribution is 2.49. The van der Waals surface area contributed by atoms with Crippen LogP contribution in [0.25, 0.3) is 0 Å². The van der Waals surface area contributed by atoms with Gasteiger partial charge in [0, 0.05) is 5.41 Å². The van der Waals surface area contributed by atoms with Crippen molar-refractivity contribution in [2.45, 2.75) is 44.6 Å². The van der Waals surface area contributed by atoms with Crippen LogP contribution in [0.2, 0.25) is 5.02 Å². The summed E-state index contributed by atoms with van der Waals surface area (Å²) < 4.78 is 5.23. The molecule has 1 amide bonds. The quantitative estimate of drug-likeness (QED) is 0.833. The van der Waals surface area contributed by atoms with Crippen LogP contribution in [0.15, 0.2) is 18.2 Å². The number of rotatable bonds is 4. The molecule has 2 rings (SSSR count). The minimum Gasteiger partial charge on any atom is -0.444 e. The number of amides is 1. The van der Waals surface area contributed by atoms with Gasteiger partial charge in [0.1, 0.15) is 5.60 Å². The molecule has 1 aliphatic rings. The summed E-state index contributed by atoms with van der Waals surface area (Å²) in [5, 5.41) is 3.15. The fourth-order valence-electron chi connectivity index (χ4n) is 2.19. The number of hydrogen-bond acceptors (Lipinski definition) is 4. The van der Waals surface area contributed by atoms with Gasteiger partial charge in [0.2, 0.25) is 0 Å². The number of nitrogens with two attached hydrogens (primary N) is 1. The number of hydrogen-bond donors (Lipinski definition) is 2. The van der Waals surface area contributed by atoms with Crippen LogP contribution in [0, 0.1) is 0 Å². The Morgan fingerprint density at radius 2 is 2.10 bits per heavy atom. The van der Waals surface area contributed by atoms with E-state index in [0.717, 1.165) is 18.4 Å². The third kappa shape index (κ3) is 4.09. The van der Waals surface area contributed by atoms with Crippen molar-refractivity contribution in [1.29, 1.82) is 0 Å². The van der Waals surface area contributed by atoms with Gasteiger partial charge in [0.05, 0.1) is 17.3 Å². The lowest BCUT2D eigenvalue weighted by Crippen LogP contribution is -2.27. The third-order valence-corrected chi connectivity index (χ3v) is 3.76. The van der Waals surface area contributed by atoms with Gasteiger partial charge in [-0.2, -0.15) is 0 Å². The molecule has 0 heterocycles. The highest BCUT2D eigenvalue weighted by atomic mass is 35.5. The summed E-state index contributed by atoms with van der Waals surface area (Å²) in [5.41, 5.74) is 0.985. The normalized spacial score (nSPS) is 16.4. The summed E-state index contributed by atoms with van der Waals surface area (Å²) in [7, 11) is 0. The first-order valence-corrected chi connectivity index (χ1v) is 7.25. The Morgan fingerprint density at radius 1 is 1.43 bits per heavy atom. The lowest BCUT2D eigenvalue weighted by molar-refractivity contribution is 0.0636. The minimum absolute atomic E-state index is 0.0519. The van der Waals surface area contributed by atoms with E-state index >= 15 is 0 Å². The van der Waals surface area contributed by atoms with Crippen molar-refractivity contribution in [1.82, 2.24) is 0 Å². The van der Waals surface area contributed by atoms with E-state index in [-0.39, 0.29) is 5.41 Å². The molecule has 0 aliphatic heterocycles. The standard InChI is InChI=1S/C15H21ClN2O3/c1-14(2,3)21-13(19)18-12-8-10(4-5-11(12)16)15(6-7-15)9-20-17/h4-5,8H,6-7,9,17H2,1-3H3,(H,18,19). The van der Waals surface area contributed by atoms with Crippen LogP contribution in [0.1, 0.15) is 39.2 Å². The topological polar surface area (TPSA) is 73.6 Å². The van der Waals surface area contributed by atoms with E-state index in [4.69, 9.17) is 27.1 Å². The van der Waals surface area contributed by atoms with E-state index in [9.17, 15) is 4.79 Å². The predicted octanol–water partition coefficient (Wildman–Crippen LogP) is 3.61. The summed E-state index contributed by atoms with van der Waals surface area (Å²) in [6.07, 6.45) is 1.50. The van der Waals surface area contributed by atoms with E-state index in [1.807, 2.05) is 32.9 Å². The smallest absolute Gasteiger partial charge is 0.412 e. The van der Waals surface area contributed by atoms with Crippen molar-refractivity contribution in [3.8, 4) is 0 Å². The molecule has 0 saturated heterocycles. The average molecular weight is 313 g/mol. The zero-order valence-electron chi connectivity index (χ0n) is 12.5. The Balaban J connectivity index is 2.15. The van der Waals surface area contributed by atoms with Crippen molar-refractivity contribution in [3.05, 3.63) is 28.8 Å². The molecular weight excluding hydrogens is 292 g/mol. The van der Waals surface area contributed by atoms with Crippen LogP contribution < -0.4 is 11.2 Å². The zero-order chi connectivity index (χ0) is 15.7. The fraction of sp³-hybridized carbons (Fsp3) is 0.533. The molecule has 1 saturated carbocycles. The highest BCUT2D eigenvalue weighted by molar-refractivity contribution is 6.33. The Bertz CT molecular complexity index is 536. The van der Waals surface area contributed by atoms with Gasteiger partial charge in [-0.25, -0.2) is 10.7 Å². The van der Waals surface area contributed by atoms with Gasteiger partial charge in [-0.15, -0.1) is 0 Å². The molecule has 1 aromatic rings. The Kier molecular flexibility index (Phi) is 4.46. The molecule has 116 valence electrons. The predicted molar refractivity (Wildman–Crippen MR) is 82.4 cm³/mol. The van der Waals surface area contributed by atoms with Gasteiger partial charge >= 0.3 is 6.09 Å². The SMILES string of the molecule is CC(C)(C)OC(=O)Nc1cc(C2(CON)CC2)ccc1Cl. The van der Waals surface area contributed by atoms with Gasteiger partial charge in [-0.3, -0.25) is 5.32 Å². The van der Waals surface area contributed by atoms with Gasteiger partial charge in [-0.1, -0.05) is 17.7 Å². The molecule has 1 fully saturated rings. The Hall–Kier alpha value is -1.30. The Labute approximate surface area is 129 Å². The number of anilines is 1. The second-order valence-corrected chi connectivity index (χ2v) is 6.82. The fourth-order valence-corrected chi connectivity index (χ4v) is 2.36. The summed E-state index contributed by atoms with van der Waals surface area (Å²) in [5.74, 6) is 5.19. The van der Waals surface area contributed by atoms with Crippen LogP contribution in [-0.2, 0) is 15.0 Å². The summed E-state index contributed by atoms with van der Waals surface area (Å²) in [4.78, 5) is 16.6. The number of halogens is 1. The largest absolute Gasteiger partial charge is 0.444 e. The van der Waals surface area contributed by atoms with Crippen LogP contribution in [0.5, 0.6) is 0 Å². The lowest BCUT2D eigenvalue weighted by atomic mass is 9.96. The summed E-state index contributed by atoms with van der Waals surface area (Å²) >= 11 is 6.13. The Morgan fingerprint density at radius 3 is 2.62 bits per heavy atom. The van der Waals surface area contributed by atoms with Crippen LogP contribution in [-0.4, -0.2) is 18.3 Å². The first kappa shape index (κ1) is 16.1. The first-order chi connectivity index (χ1) is 9.76. The number of carbonyl (C=O) groups is 1. The number of ether oxygens (including phenoxy) is 1. The molecule has 3 N–H and O–H groups in total. The molecule has 0 bridgehead atoms. The molecule has 1 aromatic carbocycles. The van der Waals surface area contributed by atoms with Crippen molar-refractivity contribution >= 4 is 23.4 Å². The number of nitrogens with one attached hydrogen (secondary N) is 1. The molecule has 0 atom stereocenters. The van der Waals surface area contributed by atoms with Crippen molar-refractivity contribution < 1.29 is 14.4 Å². The third-order valence-electron chi connectivity index (χ3n) is 3.43. The average Bonchev–Trinajstić information content (AvgIpc) is 3.11. The zero-order valence-corrected chi connectivity index (χ0v) is 13.3. The van der Waals surface area contributed by atoms with Gasteiger partial charge in [0.25, 0.3) is 0 Å². The number of benzene rings is 1. The van der Waals surface area contributed by atoms with Gasteiger partial charge in [0.15, 0.2) is 0 Å². The van der Waals surface area contributed by atoms with Crippen molar-refractivity contribution in [2.75, 3.05) is 11.9 Å². The summed E-state index contributed by atoms with van der Waals surface area (Å²) in [6, 6.07) is 5.56. The maximum absolute atomic E-state index is 11.8. The van der Waals surface area contributed by atoms with E-state index < -0.39 is 11.7 Å². The molecule has 0 aromatic heterocycles. The van der Waals surface area contributed by atoms with Crippen molar-refractivity contribution in [3.63, 3.8) is 0 Å². The maximum Gasteiger partial charge on any atom is 0.412 e. The van der Waals surface area contributed by atoms with Gasteiger partial charge < -0.3 is 9.57 Å². The monoisotopic (exact) mass is 312 g/mol. The van der Waals surface area contributed by atoms with Crippen LogP contribution in [0.3, 0.4) is 0 Å². The highest BCUT2D eigenvalue weighted by Gasteiger charge is 2.44. The summed E-state index contributed by atoms with van der Waals surface area (Å²) in [6.45, 7) is 5.88. The second-order valence-electron chi connectivity index (χ2n) is 6.41. The number of carbonyl (C=O) groups excluding carboxylic acids is 1. The van der Waals surface area contributed by atoms with E-state index in [0.29, 0.717) is 17.3 Å². The first-order valence-electron chi connectivity index (χ1n) is 6.87. The molecule has 0 spiro atoms. The van der Waals surface area contributed by atoms with E-state index in [1.54, 1.807) is 6.07 Å². The van der Waals surface area contributed by atoms with Crippen LogP contribution >= 0.6 is 11.6 Å². The van der Waals surface area contributed by atoms with E-state index in [1.165, 1.54) is 0 Å². The minimum atomic E-state index is -0.556. The van der Waals surface area contributed by atoms with Gasteiger partial charge in [-0.05, 0) is 51.3 Å². The van der Waals surface area contributed by atoms with Crippen LogP contribution in [0.4, 0.5) is 10.5 Å². The molecule has 21 heavy (non-hydrogen) atoms. The maximum atomic E-state index is 11.8. The van der Waals surface area contributed by atoms with E-state index in [2.05, 4.69) is 5.32 Å². The molecule has 5 nitrogen and oxygen atoms in total. The second kappa shape index (κ2) is 5.83. The molecule has 0 radical (unpaired) electrons. The van der Waals surface area contributed by atoms with Crippen molar-refractivity contribution in [2.24, 2.45) is 5.90 Å². The lowest BCUT2D eigenvalue weighted by Gasteiger charge is -2.21. The molecule has 0 unspecified atom stereocenters. The molecule has 6 heteroatoms.